The van der Waals surface area contributed by atoms with Gasteiger partial charge in [0.1, 0.15) is 5.82 Å². The van der Waals surface area contributed by atoms with Crippen molar-refractivity contribution >= 4 is 11.8 Å². The maximum atomic E-state index is 12.9. The fourth-order valence-corrected chi connectivity index (χ4v) is 2.02. The van der Waals surface area contributed by atoms with Crippen LogP contribution in [0.15, 0.2) is 46.7 Å². The van der Waals surface area contributed by atoms with Gasteiger partial charge >= 0.3 is 0 Å². The van der Waals surface area contributed by atoms with Crippen molar-refractivity contribution in [2.75, 3.05) is 0 Å². The van der Waals surface area contributed by atoms with Crippen LogP contribution in [-0.4, -0.2) is 15.1 Å². The molecule has 1 aromatic heterocycles. The van der Waals surface area contributed by atoms with Crippen LogP contribution < -0.4 is 0 Å². The summed E-state index contributed by atoms with van der Waals surface area (Å²) in [4.78, 5) is 8.86. The molecule has 0 spiro atoms. The lowest BCUT2D eigenvalue weighted by molar-refractivity contribution is 0.278. The first kappa shape index (κ1) is 11.0. The zero-order chi connectivity index (χ0) is 11.4. The summed E-state index contributed by atoms with van der Waals surface area (Å²) in [6.07, 6.45) is 3.27. The lowest BCUT2D eigenvalue weighted by Gasteiger charge is -2.05. The molecule has 82 valence electrons. The molecule has 0 amide bonds. The van der Waals surface area contributed by atoms with E-state index < -0.39 is 0 Å². The molecule has 0 aliphatic rings. The standard InChI is InChI=1S/C11H9FN2OS/c12-9-2-3-10(8(6-9)7-15)16-11-13-4-1-5-14-11/h1-6,15H,7H2. The van der Waals surface area contributed by atoms with E-state index in [4.69, 9.17) is 5.11 Å². The number of aromatic nitrogens is 2. The summed E-state index contributed by atoms with van der Waals surface area (Å²) >= 11 is 1.30. The Morgan fingerprint density at radius 2 is 2.00 bits per heavy atom. The number of halogens is 1. The normalized spacial score (nSPS) is 10.4. The van der Waals surface area contributed by atoms with Crippen LogP contribution in [0, 0.1) is 5.82 Å². The van der Waals surface area contributed by atoms with Crippen molar-refractivity contribution < 1.29 is 9.50 Å². The minimum absolute atomic E-state index is 0.201. The van der Waals surface area contributed by atoms with E-state index >= 15 is 0 Å². The third-order valence-corrected chi connectivity index (χ3v) is 2.95. The molecule has 1 aromatic carbocycles. The van der Waals surface area contributed by atoms with Crippen LogP contribution in [-0.2, 0) is 6.61 Å². The summed E-state index contributed by atoms with van der Waals surface area (Å²) in [5.41, 5.74) is 0.539. The third kappa shape index (κ3) is 2.56. The molecule has 2 rings (SSSR count). The smallest absolute Gasteiger partial charge is 0.192 e. The summed E-state index contributed by atoms with van der Waals surface area (Å²) in [5.74, 6) is -0.359. The maximum Gasteiger partial charge on any atom is 0.192 e. The molecule has 0 atom stereocenters. The van der Waals surface area contributed by atoms with Crippen LogP contribution in [0.4, 0.5) is 4.39 Å². The van der Waals surface area contributed by atoms with Crippen LogP contribution in [0.25, 0.3) is 0 Å². The molecule has 1 N–H and O–H groups in total. The average molecular weight is 236 g/mol. The Balaban J connectivity index is 2.28. The second-order valence-corrected chi connectivity index (χ2v) is 4.05. The van der Waals surface area contributed by atoms with E-state index in [1.54, 1.807) is 24.5 Å². The zero-order valence-electron chi connectivity index (χ0n) is 8.30. The van der Waals surface area contributed by atoms with E-state index in [-0.39, 0.29) is 12.4 Å². The molecule has 0 fully saturated rings. The van der Waals surface area contributed by atoms with Crippen molar-refractivity contribution in [3.05, 3.63) is 48.0 Å². The summed E-state index contributed by atoms with van der Waals surface area (Å²) in [6.45, 7) is -0.201. The lowest BCUT2D eigenvalue weighted by atomic mass is 10.2. The van der Waals surface area contributed by atoms with Crippen LogP contribution in [0.1, 0.15) is 5.56 Å². The quantitative estimate of drug-likeness (QED) is 0.830. The molecule has 0 aliphatic carbocycles. The Labute approximate surface area is 96.4 Å². The number of benzene rings is 1. The van der Waals surface area contributed by atoms with Crippen LogP contribution in [0.2, 0.25) is 0 Å². The van der Waals surface area contributed by atoms with Gasteiger partial charge in [0.25, 0.3) is 0 Å². The topological polar surface area (TPSA) is 46.0 Å². The molecule has 0 saturated heterocycles. The van der Waals surface area contributed by atoms with Gasteiger partial charge in [0, 0.05) is 17.3 Å². The second kappa shape index (κ2) is 5.05. The molecular weight excluding hydrogens is 227 g/mol. The number of rotatable bonds is 3. The van der Waals surface area contributed by atoms with Gasteiger partial charge in [-0.25, -0.2) is 14.4 Å². The summed E-state index contributed by atoms with van der Waals surface area (Å²) in [5, 5.41) is 9.67. The number of hydrogen-bond donors (Lipinski definition) is 1. The van der Waals surface area contributed by atoms with E-state index in [2.05, 4.69) is 9.97 Å². The SMILES string of the molecule is OCc1cc(F)ccc1Sc1ncccn1. The highest BCUT2D eigenvalue weighted by Gasteiger charge is 2.06. The number of aliphatic hydroxyl groups is 1. The maximum absolute atomic E-state index is 12.9. The van der Waals surface area contributed by atoms with Crippen molar-refractivity contribution in [1.82, 2.24) is 9.97 Å². The highest BCUT2D eigenvalue weighted by molar-refractivity contribution is 7.99. The predicted octanol–water partition coefficient (Wildman–Crippen LogP) is 2.26. The van der Waals surface area contributed by atoms with Gasteiger partial charge in [0.2, 0.25) is 0 Å². The summed E-state index contributed by atoms with van der Waals surface area (Å²) in [7, 11) is 0. The molecule has 16 heavy (non-hydrogen) atoms. The summed E-state index contributed by atoms with van der Waals surface area (Å²) in [6, 6.07) is 6.00. The van der Waals surface area contributed by atoms with Crippen molar-refractivity contribution in [3.63, 3.8) is 0 Å². The molecule has 5 heteroatoms. The van der Waals surface area contributed by atoms with Crippen molar-refractivity contribution in [3.8, 4) is 0 Å². The fourth-order valence-electron chi connectivity index (χ4n) is 1.21. The third-order valence-electron chi connectivity index (χ3n) is 1.94. The van der Waals surface area contributed by atoms with Crippen molar-refractivity contribution in [1.29, 1.82) is 0 Å². The first-order valence-electron chi connectivity index (χ1n) is 4.64. The number of nitrogens with zero attached hydrogens (tertiary/aromatic N) is 2. The molecule has 1 heterocycles. The van der Waals surface area contributed by atoms with E-state index in [1.807, 2.05) is 0 Å². The molecule has 0 radical (unpaired) electrons. The van der Waals surface area contributed by atoms with Gasteiger partial charge in [-0.1, -0.05) is 0 Å². The largest absolute Gasteiger partial charge is 0.392 e. The second-order valence-electron chi connectivity index (χ2n) is 3.04. The first-order valence-corrected chi connectivity index (χ1v) is 5.45. The van der Waals surface area contributed by atoms with Gasteiger partial charge in [-0.05, 0) is 41.6 Å². The zero-order valence-corrected chi connectivity index (χ0v) is 9.12. The fraction of sp³-hybridized carbons (Fsp3) is 0.0909. The van der Waals surface area contributed by atoms with E-state index in [0.717, 1.165) is 4.90 Å². The lowest BCUT2D eigenvalue weighted by Crippen LogP contribution is -1.91. The van der Waals surface area contributed by atoms with Gasteiger partial charge < -0.3 is 5.11 Å². The molecule has 0 unspecified atom stereocenters. The van der Waals surface area contributed by atoms with Gasteiger partial charge in [-0.2, -0.15) is 0 Å². The Bertz CT molecular complexity index is 479. The summed E-state index contributed by atoms with van der Waals surface area (Å²) < 4.78 is 12.9. The molecular formula is C11H9FN2OS. The monoisotopic (exact) mass is 236 g/mol. The van der Waals surface area contributed by atoms with Crippen LogP contribution >= 0.6 is 11.8 Å². The number of aliphatic hydroxyl groups excluding tert-OH is 1. The van der Waals surface area contributed by atoms with Crippen molar-refractivity contribution in [2.45, 2.75) is 16.7 Å². The van der Waals surface area contributed by atoms with E-state index in [9.17, 15) is 4.39 Å². The van der Waals surface area contributed by atoms with Crippen molar-refractivity contribution in [2.24, 2.45) is 0 Å². The Hall–Kier alpha value is -1.46. The predicted molar refractivity (Wildman–Crippen MR) is 58.5 cm³/mol. The Morgan fingerprint density at radius 3 is 2.69 bits per heavy atom. The van der Waals surface area contributed by atoms with Crippen LogP contribution in [0.5, 0.6) is 0 Å². The molecule has 2 aromatic rings. The highest BCUT2D eigenvalue weighted by atomic mass is 32.2. The molecule has 3 nitrogen and oxygen atoms in total. The highest BCUT2D eigenvalue weighted by Crippen LogP contribution is 2.28. The minimum Gasteiger partial charge on any atom is -0.392 e. The number of hydrogen-bond acceptors (Lipinski definition) is 4. The Morgan fingerprint density at radius 1 is 1.25 bits per heavy atom. The molecule has 0 bridgehead atoms. The van der Waals surface area contributed by atoms with E-state index in [0.29, 0.717) is 10.7 Å². The first-order chi connectivity index (χ1) is 7.79. The van der Waals surface area contributed by atoms with Gasteiger partial charge in [-0.15, -0.1) is 0 Å². The molecule has 0 saturated carbocycles. The molecule has 0 aliphatic heterocycles. The Kier molecular flexibility index (Phi) is 3.48. The minimum atomic E-state index is -0.359. The average Bonchev–Trinajstić information content (AvgIpc) is 2.33. The van der Waals surface area contributed by atoms with Gasteiger partial charge in [0.05, 0.1) is 6.61 Å². The van der Waals surface area contributed by atoms with Gasteiger partial charge in [0.15, 0.2) is 5.16 Å². The van der Waals surface area contributed by atoms with Crippen LogP contribution in [0.3, 0.4) is 0 Å². The van der Waals surface area contributed by atoms with Gasteiger partial charge in [-0.3, -0.25) is 0 Å². The van der Waals surface area contributed by atoms with E-state index in [1.165, 1.54) is 23.9 Å².